The van der Waals surface area contributed by atoms with Crippen LogP contribution in [-0.4, -0.2) is 34.9 Å². The zero-order chi connectivity index (χ0) is 21.6. The topological polar surface area (TPSA) is 105 Å². The molecule has 0 spiro atoms. The Labute approximate surface area is 178 Å². The Kier molecular flexibility index (Phi) is 7.44. The zero-order valence-corrected chi connectivity index (χ0v) is 18.4. The molecule has 1 aromatic heterocycles. The second kappa shape index (κ2) is 9.60. The molecule has 2 rings (SSSR count). The van der Waals surface area contributed by atoms with Gasteiger partial charge in [0.15, 0.2) is 0 Å². The van der Waals surface area contributed by atoms with Gasteiger partial charge in [0.2, 0.25) is 0 Å². The van der Waals surface area contributed by atoms with Gasteiger partial charge in [-0.15, -0.1) is 6.58 Å². The van der Waals surface area contributed by atoms with E-state index in [9.17, 15) is 9.59 Å². The fraction of sp³-hybridized carbons (Fsp3) is 0.350. The van der Waals surface area contributed by atoms with Crippen LogP contribution in [0.2, 0.25) is 0 Å². The lowest BCUT2D eigenvalue weighted by atomic mass is 10.1. The smallest absolute Gasteiger partial charge is 0.411 e. The maximum Gasteiger partial charge on any atom is 0.411 e. The van der Waals surface area contributed by atoms with E-state index in [0.717, 1.165) is 15.7 Å². The van der Waals surface area contributed by atoms with Crippen molar-refractivity contribution in [3.63, 3.8) is 0 Å². The van der Waals surface area contributed by atoms with E-state index in [1.807, 2.05) is 6.07 Å². The number of rotatable bonds is 6. The van der Waals surface area contributed by atoms with E-state index in [1.165, 1.54) is 7.11 Å². The number of nitrogens with zero attached hydrogens (tertiary/aromatic N) is 1. The number of hydrogen-bond acceptors (Lipinski definition) is 5. The number of methoxy groups -OCH3 is 1. The van der Waals surface area contributed by atoms with Gasteiger partial charge in [0.05, 0.1) is 25.0 Å². The molecule has 2 aromatic rings. The van der Waals surface area contributed by atoms with Crippen LogP contribution in [0.15, 0.2) is 41.5 Å². The zero-order valence-electron chi connectivity index (χ0n) is 16.8. The lowest BCUT2D eigenvalue weighted by Crippen LogP contribution is -2.35. The van der Waals surface area contributed by atoms with E-state index in [-0.39, 0.29) is 0 Å². The van der Waals surface area contributed by atoms with Crippen LogP contribution in [-0.2, 0) is 9.47 Å². The summed E-state index contributed by atoms with van der Waals surface area (Å²) in [6.45, 7) is 9.15. The number of aromatic amines is 1. The van der Waals surface area contributed by atoms with Crippen molar-refractivity contribution < 1.29 is 19.1 Å². The van der Waals surface area contributed by atoms with Crippen molar-refractivity contribution in [3.8, 4) is 11.3 Å². The van der Waals surface area contributed by atoms with Crippen molar-refractivity contribution in [2.24, 2.45) is 0 Å². The second-order valence-electron chi connectivity index (χ2n) is 7.22. The van der Waals surface area contributed by atoms with Crippen LogP contribution in [0.5, 0.6) is 0 Å². The highest BCUT2D eigenvalue weighted by Crippen LogP contribution is 2.30. The lowest BCUT2D eigenvalue weighted by molar-refractivity contribution is 0.0502. The normalized spacial score (nSPS) is 12.0. The van der Waals surface area contributed by atoms with Gasteiger partial charge in [-0.05, 0) is 45.4 Å². The molecule has 1 atom stereocenters. The van der Waals surface area contributed by atoms with Gasteiger partial charge in [0.25, 0.3) is 0 Å². The SMILES string of the molecule is C=CCC(NC(=O)OC(C)(C)C)c1ncc(-c2ccc(NC(=O)OC)cc2Br)[nH]1. The second-order valence-corrected chi connectivity index (χ2v) is 8.07. The molecule has 0 fully saturated rings. The Balaban J connectivity index is 2.20. The number of ether oxygens (including phenoxy) is 2. The van der Waals surface area contributed by atoms with Gasteiger partial charge in [0, 0.05) is 15.7 Å². The molecular formula is C20H25BrN4O4. The van der Waals surface area contributed by atoms with Crippen molar-refractivity contribution in [1.29, 1.82) is 0 Å². The number of hydrogen-bond donors (Lipinski definition) is 3. The minimum Gasteiger partial charge on any atom is -0.453 e. The van der Waals surface area contributed by atoms with Gasteiger partial charge in [-0.3, -0.25) is 5.32 Å². The Bertz CT molecular complexity index is 889. The van der Waals surface area contributed by atoms with E-state index < -0.39 is 23.8 Å². The summed E-state index contributed by atoms with van der Waals surface area (Å²) < 4.78 is 10.7. The van der Waals surface area contributed by atoms with E-state index >= 15 is 0 Å². The number of alkyl carbamates (subject to hydrolysis) is 1. The first-order valence-electron chi connectivity index (χ1n) is 8.93. The highest BCUT2D eigenvalue weighted by Gasteiger charge is 2.22. The fourth-order valence-corrected chi connectivity index (χ4v) is 3.08. The summed E-state index contributed by atoms with van der Waals surface area (Å²) in [4.78, 5) is 31.1. The first-order chi connectivity index (χ1) is 13.6. The van der Waals surface area contributed by atoms with Crippen molar-refractivity contribution in [1.82, 2.24) is 15.3 Å². The summed E-state index contributed by atoms with van der Waals surface area (Å²) in [7, 11) is 1.30. The predicted octanol–water partition coefficient (Wildman–Crippen LogP) is 5.16. The van der Waals surface area contributed by atoms with Gasteiger partial charge in [-0.1, -0.05) is 22.0 Å². The molecule has 0 saturated heterocycles. The highest BCUT2D eigenvalue weighted by molar-refractivity contribution is 9.10. The van der Waals surface area contributed by atoms with Gasteiger partial charge < -0.3 is 19.8 Å². The summed E-state index contributed by atoms with van der Waals surface area (Å²) in [5, 5.41) is 5.41. The van der Waals surface area contributed by atoms with Crippen LogP contribution in [0, 0.1) is 0 Å². The summed E-state index contributed by atoms with van der Waals surface area (Å²) >= 11 is 3.50. The van der Waals surface area contributed by atoms with E-state index in [4.69, 9.17) is 4.74 Å². The van der Waals surface area contributed by atoms with Crippen LogP contribution in [0.25, 0.3) is 11.3 Å². The maximum absolute atomic E-state index is 12.1. The Hall–Kier alpha value is -2.81. The third kappa shape index (κ3) is 6.63. The standard InChI is InChI=1S/C20H25BrN4O4/c1-6-7-15(25-19(27)29-20(2,3)4)17-22-11-16(24-17)13-9-8-12(10-14(13)21)23-18(26)28-5/h6,8-11,15H,1,7H2,2-5H3,(H,22,24)(H,23,26)(H,25,27). The van der Waals surface area contributed by atoms with Gasteiger partial charge >= 0.3 is 12.2 Å². The summed E-state index contributed by atoms with van der Waals surface area (Å²) in [6, 6.07) is 4.93. The number of aromatic nitrogens is 2. The molecule has 1 heterocycles. The molecule has 1 unspecified atom stereocenters. The Morgan fingerprint density at radius 1 is 1.34 bits per heavy atom. The van der Waals surface area contributed by atoms with E-state index in [0.29, 0.717) is 17.9 Å². The summed E-state index contributed by atoms with van der Waals surface area (Å²) in [5.41, 5.74) is 1.58. The monoisotopic (exact) mass is 464 g/mol. The molecule has 2 amide bonds. The minimum absolute atomic E-state index is 0.407. The summed E-state index contributed by atoms with van der Waals surface area (Å²) in [6.07, 6.45) is 2.79. The average Bonchev–Trinajstić information content (AvgIpc) is 3.09. The molecule has 0 radical (unpaired) electrons. The maximum atomic E-state index is 12.1. The van der Waals surface area contributed by atoms with E-state index in [1.54, 1.807) is 45.2 Å². The van der Waals surface area contributed by atoms with E-state index in [2.05, 4.69) is 47.8 Å². The van der Waals surface area contributed by atoms with Crippen molar-refractivity contribution in [2.45, 2.75) is 38.8 Å². The third-order valence-corrected chi connectivity index (χ3v) is 4.37. The number of nitrogens with one attached hydrogen (secondary N) is 3. The van der Waals surface area contributed by atoms with Crippen molar-refractivity contribution in [2.75, 3.05) is 12.4 Å². The minimum atomic E-state index is -0.595. The molecule has 8 nitrogen and oxygen atoms in total. The molecule has 29 heavy (non-hydrogen) atoms. The van der Waals surface area contributed by atoms with Crippen LogP contribution < -0.4 is 10.6 Å². The van der Waals surface area contributed by atoms with Crippen LogP contribution in [0.1, 0.15) is 39.1 Å². The van der Waals surface area contributed by atoms with Crippen LogP contribution in [0.4, 0.5) is 15.3 Å². The molecule has 0 aliphatic rings. The van der Waals surface area contributed by atoms with Gasteiger partial charge in [-0.2, -0.15) is 0 Å². The third-order valence-electron chi connectivity index (χ3n) is 3.71. The number of imidazole rings is 1. The number of carbonyl (C=O) groups is 2. The first-order valence-corrected chi connectivity index (χ1v) is 9.72. The van der Waals surface area contributed by atoms with Crippen molar-refractivity contribution in [3.05, 3.63) is 47.3 Å². The number of halogens is 1. The Morgan fingerprint density at radius 3 is 2.66 bits per heavy atom. The molecule has 0 bridgehead atoms. The molecule has 0 saturated carbocycles. The van der Waals surface area contributed by atoms with Gasteiger partial charge in [0.1, 0.15) is 11.4 Å². The number of anilines is 1. The van der Waals surface area contributed by atoms with Crippen LogP contribution >= 0.6 is 15.9 Å². The molecule has 0 aliphatic heterocycles. The van der Waals surface area contributed by atoms with Crippen molar-refractivity contribution >= 4 is 33.8 Å². The molecule has 1 aromatic carbocycles. The highest BCUT2D eigenvalue weighted by atomic mass is 79.9. The number of H-pyrrole nitrogens is 1. The fourth-order valence-electron chi connectivity index (χ4n) is 2.49. The van der Waals surface area contributed by atoms with Crippen LogP contribution in [0.3, 0.4) is 0 Å². The molecule has 3 N–H and O–H groups in total. The number of benzene rings is 1. The predicted molar refractivity (Wildman–Crippen MR) is 115 cm³/mol. The average molecular weight is 465 g/mol. The molecule has 0 aliphatic carbocycles. The summed E-state index contributed by atoms with van der Waals surface area (Å²) in [5.74, 6) is 0.578. The quantitative estimate of drug-likeness (QED) is 0.511. The first kappa shape index (κ1) is 22.5. The number of amides is 2. The largest absolute Gasteiger partial charge is 0.453 e. The molecule has 9 heteroatoms. The molecular weight excluding hydrogens is 440 g/mol. The number of carbonyl (C=O) groups excluding carboxylic acids is 2. The molecule has 156 valence electrons. The lowest BCUT2D eigenvalue weighted by Gasteiger charge is -2.22. The Morgan fingerprint density at radius 2 is 2.07 bits per heavy atom. The van der Waals surface area contributed by atoms with Gasteiger partial charge in [-0.25, -0.2) is 14.6 Å².